The molecular weight excluding hydrogens is 278 g/mol. The largest absolute Gasteiger partial charge is 0.348 e. The van der Waals surface area contributed by atoms with Crippen molar-refractivity contribution in [3.8, 4) is 0 Å². The van der Waals surface area contributed by atoms with Crippen LogP contribution < -0.4 is 0 Å². The van der Waals surface area contributed by atoms with Crippen LogP contribution in [0, 0.1) is 0 Å². The number of rotatable bonds is 2. The van der Waals surface area contributed by atoms with E-state index >= 15 is 0 Å². The van der Waals surface area contributed by atoms with E-state index in [2.05, 4.69) is 27.8 Å². The number of aromatic nitrogens is 1. The number of aromatic amines is 1. The zero-order chi connectivity index (χ0) is 13.2. The first kappa shape index (κ1) is 12.3. The Hall–Kier alpha value is -1.78. The van der Waals surface area contributed by atoms with E-state index in [-0.39, 0.29) is 0 Å². The smallest absolute Gasteiger partial charge is 0.125 e. The summed E-state index contributed by atoms with van der Waals surface area (Å²) in [6.07, 6.45) is 0. The number of thiol groups is 1. The SMILES string of the molecule is Sc1[nH]c2ccccc2c1N=Nc1ccc(Cl)cc1. The number of fused-ring (bicyclic) bond motifs is 1. The van der Waals surface area contributed by atoms with Crippen LogP contribution in [0.3, 0.4) is 0 Å². The maximum absolute atomic E-state index is 5.83. The fraction of sp³-hybridized carbons (Fsp3) is 0. The number of azo groups is 1. The first-order chi connectivity index (χ1) is 9.24. The van der Waals surface area contributed by atoms with Gasteiger partial charge in [-0.1, -0.05) is 29.8 Å². The van der Waals surface area contributed by atoms with Gasteiger partial charge in [0, 0.05) is 15.9 Å². The minimum atomic E-state index is 0.681. The topological polar surface area (TPSA) is 40.5 Å². The van der Waals surface area contributed by atoms with E-state index in [9.17, 15) is 0 Å². The molecule has 3 nitrogen and oxygen atoms in total. The van der Waals surface area contributed by atoms with Crippen LogP contribution in [0.1, 0.15) is 0 Å². The molecule has 1 aromatic heterocycles. The number of hydrogen-bond donors (Lipinski definition) is 2. The van der Waals surface area contributed by atoms with Crippen LogP contribution in [0.5, 0.6) is 0 Å². The lowest BCUT2D eigenvalue weighted by atomic mass is 10.2. The van der Waals surface area contributed by atoms with Crippen LogP contribution in [-0.2, 0) is 0 Å². The molecule has 19 heavy (non-hydrogen) atoms. The molecule has 5 heteroatoms. The average molecular weight is 288 g/mol. The highest BCUT2D eigenvalue weighted by Crippen LogP contribution is 2.33. The minimum Gasteiger partial charge on any atom is -0.348 e. The fourth-order valence-electron chi connectivity index (χ4n) is 1.83. The van der Waals surface area contributed by atoms with E-state index in [4.69, 9.17) is 11.6 Å². The highest BCUT2D eigenvalue weighted by atomic mass is 35.5. The lowest BCUT2D eigenvalue weighted by Gasteiger charge is -1.93. The number of benzene rings is 2. The molecule has 0 bridgehead atoms. The summed E-state index contributed by atoms with van der Waals surface area (Å²) < 4.78 is 0. The van der Waals surface area contributed by atoms with Crippen molar-refractivity contribution in [2.24, 2.45) is 10.2 Å². The fourth-order valence-corrected chi connectivity index (χ4v) is 2.24. The third-order valence-corrected chi connectivity index (χ3v) is 3.33. The quantitative estimate of drug-likeness (QED) is 0.460. The van der Waals surface area contributed by atoms with Crippen LogP contribution in [0.2, 0.25) is 5.02 Å². The van der Waals surface area contributed by atoms with E-state index in [1.54, 1.807) is 12.1 Å². The summed E-state index contributed by atoms with van der Waals surface area (Å²) in [5.41, 5.74) is 2.49. The average Bonchev–Trinajstić information content (AvgIpc) is 2.74. The lowest BCUT2D eigenvalue weighted by Crippen LogP contribution is -1.65. The summed E-state index contributed by atoms with van der Waals surface area (Å²) in [6, 6.07) is 15.1. The van der Waals surface area contributed by atoms with Crippen LogP contribution in [0.4, 0.5) is 11.4 Å². The molecule has 0 aliphatic rings. The first-order valence-corrected chi connectivity index (χ1v) is 6.53. The Morgan fingerprint density at radius 2 is 1.68 bits per heavy atom. The molecule has 0 aliphatic heterocycles. The van der Waals surface area contributed by atoms with Crippen LogP contribution in [0.25, 0.3) is 10.9 Å². The van der Waals surface area contributed by atoms with Crippen LogP contribution in [0.15, 0.2) is 63.8 Å². The van der Waals surface area contributed by atoms with Crippen molar-refractivity contribution in [1.29, 1.82) is 0 Å². The van der Waals surface area contributed by atoms with Gasteiger partial charge in [0.1, 0.15) is 5.69 Å². The molecular formula is C14H10ClN3S. The van der Waals surface area contributed by atoms with Gasteiger partial charge in [-0.3, -0.25) is 0 Å². The van der Waals surface area contributed by atoms with Gasteiger partial charge in [-0.05, 0) is 30.3 Å². The molecule has 0 radical (unpaired) electrons. The van der Waals surface area contributed by atoms with Crippen molar-refractivity contribution in [3.05, 3.63) is 53.6 Å². The van der Waals surface area contributed by atoms with Gasteiger partial charge >= 0.3 is 0 Å². The molecule has 0 saturated heterocycles. The second kappa shape index (κ2) is 5.07. The first-order valence-electron chi connectivity index (χ1n) is 5.71. The molecule has 3 rings (SSSR count). The molecule has 0 atom stereocenters. The predicted molar refractivity (Wildman–Crippen MR) is 81.2 cm³/mol. The van der Waals surface area contributed by atoms with E-state index in [0.717, 1.165) is 22.3 Å². The minimum absolute atomic E-state index is 0.681. The van der Waals surface area contributed by atoms with E-state index in [1.807, 2.05) is 36.4 Å². The molecule has 3 aromatic rings. The molecule has 0 amide bonds. The number of halogens is 1. The van der Waals surface area contributed by atoms with Crippen molar-refractivity contribution in [2.75, 3.05) is 0 Å². The Balaban J connectivity index is 2.01. The molecule has 0 saturated carbocycles. The van der Waals surface area contributed by atoms with Gasteiger partial charge in [0.25, 0.3) is 0 Å². The zero-order valence-corrected chi connectivity index (χ0v) is 11.5. The highest BCUT2D eigenvalue weighted by Gasteiger charge is 2.07. The standard InChI is InChI=1S/C14H10ClN3S/c15-9-5-7-10(8-6-9)17-18-13-11-3-1-2-4-12(11)16-14(13)19/h1-8,16,19H. The Bertz CT molecular complexity index is 747. The maximum atomic E-state index is 5.83. The summed E-state index contributed by atoms with van der Waals surface area (Å²) in [5, 5.41) is 10.9. The van der Waals surface area contributed by atoms with Crippen molar-refractivity contribution < 1.29 is 0 Å². The molecule has 94 valence electrons. The van der Waals surface area contributed by atoms with Gasteiger partial charge in [-0.2, -0.15) is 5.11 Å². The molecule has 0 fully saturated rings. The summed E-state index contributed by atoms with van der Waals surface area (Å²) >= 11 is 10.2. The number of hydrogen-bond acceptors (Lipinski definition) is 3. The van der Waals surface area contributed by atoms with E-state index < -0.39 is 0 Å². The normalized spacial score (nSPS) is 11.5. The lowest BCUT2D eigenvalue weighted by molar-refractivity contribution is 1.16. The molecule has 1 N–H and O–H groups in total. The third kappa shape index (κ3) is 2.50. The maximum Gasteiger partial charge on any atom is 0.125 e. The number of nitrogens with zero attached hydrogens (tertiary/aromatic N) is 2. The van der Waals surface area contributed by atoms with Gasteiger partial charge < -0.3 is 4.98 Å². The molecule has 0 spiro atoms. The van der Waals surface area contributed by atoms with Gasteiger partial charge in [-0.25, -0.2) is 0 Å². The number of nitrogens with one attached hydrogen (secondary N) is 1. The second-order valence-electron chi connectivity index (χ2n) is 4.04. The summed E-state index contributed by atoms with van der Waals surface area (Å²) in [6.45, 7) is 0. The Morgan fingerprint density at radius 3 is 2.47 bits per heavy atom. The molecule has 1 heterocycles. The van der Waals surface area contributed by atoms with Crippen LogP contribution >= 0.6 is 24.2 Å². The number of H-pyrrole nitrogens is 1. The van der Waals surface area contributed by atoms with Crippen molar-refractivity contribution in [3.63, 3.8) is 0 Å². The van der Waals surface area contributed by atoms with Crippen molar-refractivity contribution in [2.45, 2.75) is 5.03 Å². The van der Waals surface area contributed by atoms with Crippen molar-refractivity contribution in [1.82, 2.24) is 4.98 Å². The Kier molecular flexibility index (Phi) is 3.27. The van der Waals surface area contributed by atoms with Gasteiger partial charge in [0.15, 0.2) is 0 Å². The Morgan fingerprint density at radius 1 is 0.947 bits per heavy atom. The molecule has 0 unspecified atom stereocenters. The summed E-state index contributed by atoms with van der Waals surface area (Å²) in [7, 11) is 0. The summed E-state index contributed by atoms with van der Waals surface area (Å²) in [4.78, 5) is 3.16. The predicted octanol–water partition coefficient (Wildman–Crippen LogP) is 5.53. The second-order valence-corrected chi connectivity index (χ2v) is 4.93. The van der Waals surface area contributed by atoms with Gasteiger partial charge in [0.2, 0.25) is 0 Å². The van der Waals surface area contributed by atoms with Gasteiger partial charge in [0.05, 0.1) is 10.7 Å². The van der Waals surface area contributed by atoms with Crippen LogP contribution in [-0.4, -0.2) is 4.98 Å². The summed E-state index contributed by atoms with van der Waals surface area (Å²) in [5.74, 6) is 0. The Labute approximate surface area is 120 Å². The highest BCUT2D eigenvalue weighted by molar-refractivity contribution is 7.80. The molecule has 0 aliphatic carbocycles. The van der Waals surface area contributed by atoms with Crippen molar-refractivity contribution >= 4 is 46.5 Å². The zero-order valence-electron chi connectivity index (χ0n) is 9.84. The molecule has 2 aromatic carbocycles. The van der Waals surface area contributed by atoms with E-state index in [0.29, 0.717) is 10.0 Å². The monoisotopic (exact) mass is 287 g/mol. The van der Waals surface area contributed by atoms with E-state index in [1.165, 1.54) is 0 Å². The van der Waals surface area contributed by atoms with Gasteiger partial charge in [-0.15, -0.1) is 17.7 Å². The third-order valence-electron chi connectivity index (χ3n) is 2.75. The number of para-hydroxylation sites is 1.